The average molecular weight is 219 g/mol. The highest BCUT2D eigenvalue weighted by Crippen LogP contribution is 1.93. The van der Waals surface area contributed by atoms with Crippen LogP contribution in [0.4, 0.5) is 0 Å². The van der Waals surface area contributed by atoms with Crippen LogP contribution in [0.2, 0.25) is 0 Å². The maximum atomic E-state index is 5.22. The third kappa shape index (κ3) is 6.20. The molecule has 0 spiro atoms. The topological polar surface area (TPSA) is 30.5 Å². The van der Waals surface area contributed by atoms with Gasteiger partial charge in [-0.25, -0.2) is 0 Å². The second-order valence-corrected chi connectivity index (χ2v) is 3.14. The summed E-state index contributed by atoms with van der Waals surface area (Å²) in [4.78, 5) is 0. The van der Waals surface area contributed by atoms with Gasteiger partial charge in [0.2, 0.25) is 0 Å². The van der Waals surface area contributed by atoms with Crippen molar-refractivity contribution < 1.29 is 9.47 Å². The van der Waals surface area contributed by atoms with Crippen LogP contribution in [-0.4, -0.2) is 33.6 Å². The van der Waals surface area contributed by atoms with E-state index in [9.17, 15) is 0 Å². The lowest BCUT2D eigenvalue weighted by Gasteiger charge is -2.02. The zero-order valence-electron chi connectivity index (χ0n) is 9.53. The first-order chi connectivity index (χ1) is 7.93. The van der Waals surface area contributed by atoms with E-state index in [1.807, 2.05) is 30.3 Å². The number of hydrogen-bond acceptors (Lipinski definition) is 3. The Morgan fingerprint density at radius 3 is 2.75 bits per heavy atom. The van der Waals surface area contributed by atoms with Crippen LogP contribution in [0.25, 0.3) is 0 Å². The molecule has 0 aromatic heterocycles. The molecule has 86 valence electrons. The second kappa shape index (κ2) is 8.93. The maximum Gasteiger partial charge on any atom is 0.0973 e. The maximum absolute atomic E-state index is 5.22. The number of rotatable bonds is 6. The van der Waals surface area contributed by atoms with Gasteiger partial charge in [-0.05, 0) is 12.1 Å². The highest BCUT2D eigenvalue weighted by atomic mass is 16.5. The minimum Gasteiger partial charge on any atom is -0.382 e. The monoisotopic (exact) mass is 219 g/mol. The number of ether oxygens (including phenoxy) is 2. The van der Waals surface area contributed by atoms with Crippen LogP contribution in [0.15, 0.2) is 30.3 Å². The van der Waals surface area contributed by atoms with Gasteiger partial charge in [0.15, 0.2) is 0 Å². The first-order valence-corrected chi connectivity index (χ1v) is 5.25. The van der Waals surface area contributed by atoms with Gasteiger partial charge in [0.25, 0.3) is 0 Å². The summed E-state index contributed by atoms with van der Waals surface area (Å²) >= 11 is 0. The van der Waals surface area contributed by atoms with Crippen LogP contribution in [0.3, 0.4) is 0 Å². The molecule has 3 heteroatoms. The third-order valence-electron chi connectivity index (χ3n) is 1.86. The Labute approximate surface area is 96.8 Å². The molecule has 0 radical (unpaired) electrons. The van der Waals surface area contributed by atoms with Crippen LogP contribution >= 0.6 is 0 Å². The van der Waals surface area contributed by atoms with Gasteiger partial charge in [-0.3, -0.25) is 5.32 Å². The van der Waals surface area contributed by atoms with E-state index in [0.717, 1.165) is 5.56 Å². The van der Waals surface area contributed by atoms with Gasteiger partial charge in [-0.15, -0.1) is 0 Å². The predicted molar refractivity (Wildman–Crippen MR) is 64.0 cm³/mol. The highest BCUT2D eigenvalue weighted by Gasteiger charge is 1.85. The van der Waals surface area contributed by atoms with E-state index in [1.165, 1.54) is 0 Å². The molecule has 0 aliphatic rings. The lowest BCUT2D eigenvalue weighted by atomic mass is 10.2. The molecule has 16 heavy (non-hydrogen) atoms. The molecule has 3 nitrogen and oxygen atoms in total. The number of hydrogen-bond donors (Lipinski definition) is 1. The molecule has 0 aliphatic carbocycles. The third-order valence-corrected chi connectivity index (χ3v) is 1.86. The Morgan fingerprint density at radius 2 is 2.00 bits per heavy atom. The lowest BCUT2D eigenvalue weighted by molar-refractivity contribution is 0.0625. The van der Waals surface area contributed by atoms with Crippen molar-refractivity contribution in [3.63, 3.8) is 0 Å². The molecule has 0 bridgehead atoms. The van der Waals surface area contributed by atoms with Gasteiger partial charge in [0, 0.05) is 12.7 Å². The highest BCUT2D eigenvalue weighted by molar-refractivity contribution is 5.33. The Morgan fingerprint density at radius 1 is 1.19 bits per heavy atom. The fraction of sp³-hybridized carbons (Fsp3) is 0.385. The molecule has 1 aromatic rings. The van der Waals surface area contributed by atoms with E-state index in [4.69, 9.17) is 9.47 Å². The minimum absolute atomic E-state index is 0.507. The van der Waals surface area contributed by atoms with Crippen molar-refractivity contribution in [2.45, 2.75) is 0 Å². The second-order valence-electron chi connectivity index (χ2n) is 3.14. The van der Waals surface area contributed by atoms with Crippen molar-refractivity contribution in [2.24, 2.45) is 0 Å². The molecule has 0 aliphatic heterocycles. The molecule has 0 fully saturated rings. The summed E-state index contributed by atoms with van der Waals surface area (Å²) in [5.41, 5.74) is 1.03. The summed E-state index contributed by atoms with van der Waals surface area (Å²) in [6, 6.07) is 9.91. The van der Waals surface area contributed by atoms with E-state index >= 15 is 0 Å². The molecule has 0 atom stereocenters. The summed E-state index contributed by atoms with van der Waals surface area (Å²) in [7, 11) is 1.65. The van der Waals surface area contributed by atoms with Gasteiger partial charge in [0.05, 0.1) is 26.5 Å². The van der Waals surface area contributed by atoms with E-state index in [-0.39, 0.29) is 0 Å². The SMILES string of the molecule is COCCOCNCC#Cc1ccccc1. The largest absolute Gasteiger partial charge is 0.382 e. The Bertz CT molecular complexity index is 327. The molecule has 1 N–H and O–H groups in total. The van der Waals surface area contributed by atoms with Gasteiger partial charge < -0.3 is 9.47 Å². The molecular formula is C13H17NO2. The van der Waals surface area contributed by atoms with Crippen LogP contribution < -0.4 is 5.32 Å². The smallest absolute Gasteiger partial charge is 0.0973 e. The van der Waals surface area contributed by atoms with Gasteiger partial charge in [0.1, 0.15) is 0 Å². The Balaban J connectivity index is 2.05. The summed E-state index contributed by atoms with van der Waals surface area (Å²) < 4.78 is 10.1. The van der Waals surface area contributed by atoms with Crippen molar-refractivity contribution in [1.29, 1.82) is 0 Å². The normalized spacial score (nSPS) is 9.56. The molecule has 0 saturated carbocycles. The summed E-state index contributed by atoms with van der Waals surface area (Å²) in [6.07, 6.45) is 0. The van der Waals surface area contributed by atoms with E-state index in [2.05, 4.69) is 17.2 Å². The van der Waals surface area contributed by atoms with Crippen LogP contribution in [0.5, 0.6) is 0 Å². The molecule has 1 aromatic carbocycles. The van der Waals surface area contributed by atoms with Gasteiger partial charge in [-0.1, -0.05) is 30.0 Å². The minimum atomic E-state index is 0.507. The molecule has 0 unspecified atom stereocenters. The van der Waals surface area contributed by atoms with E-state index < -0.39 is 0 Å². The quantitative estimate of drug-likeness (QED) is 0.444. The van der Waals surface area contributed by atoms with Crippen molar-refractivity contribution in [3.05, 3.63) is 35.9 Å². The first kappa shape index (κ1) is 12.7. The number of nitrogens with one attached hydrogen (secondary N) is 1. The van der Waals surface area contributed by atoms with Crippen molar-refractivity contribution in [2.75, 3.05) is 33.6 Å². The van der Waals surface area contributed by atoms with Crippen LogP contribution in [-0.2, 0) is 9.47 Å². The molecular weight excluding hydrogens is 202 g/mol. The summed E-state index contributed by atoms with van der Waals surface area (Å²) in [5.74, 6) is 6.07. The average Bonchev–Trinajstić information content (AvgIpc) is 2.34. The molecule has 0 heterocycles. The standard InChI is InChI=1S/C13H17NO2/c1-15-10-11-16-12-14-9-5-8-13-6-3-2-4-7-13/h2-4,6-7,14H,9-12H2,1H3. The molecule has 1 rings (SSSR count). The summed E-state index contributed by atoms with van der Waals surface area (Å²) in [6.45, 7) is 2.36. The van der Waals surface area contributed by atoms with Gasteiger partial charge in [-0.2, -0.15) is 0 Å². The number of methoxy groups -OCH3 is 1. The molecule has 0 saturated heterocycles. The lowest BCUT2D eigenvalue weighted by Crippen LogP contribution is -2.19. The first-order valence-electron chi connectivity index (χ1n) is 5.25. The fourth-order valence-electron chi connectivity index (χ4n) is 1.07. The van der Waals surface area contributed by atoms with E-state index in [1.54, 1.807) is 7.11 Å². The van der Waals surface area contributed by atoms with Crippen molar-refractivity contribution >= 4 is 0 Å². The van der Waals surface area contributed by atoms with Crippen molar-refractivity contribution in [3.8, 4) is 11.8 Å². The molecule has 0 amide bonds. The number of benzene rings is 1. The Kier molecular flexibility index (Phi) is 7.10. The van der Waals surface area contributed by atoms with Crippen LogP contribution in [0, 0.1) is 11.8 Å². The van der Waals surface area contributed by atoms with Gasteiger partial charge >= 0.3 is 0 Å². The predicted octanol–water partition coefficient (Wildman–Crippen LogP) is 1.25. The van der Waals surface area contributed by atoms with Crippen LogP contribution in [0.1, 0.15) is 5.56 Å². The van der Waals surface area contributed by atoms with Crippen molar-refractivity contribution in [1.82, 2.24) is 5.32 Å². The zero-order chi connectivity index (χ0) is 11.5. The zero-order valence-corrected chi connectivity index (χ0v) is 9.53. The fourth-order valence-corrected chi connectivity index (χ4v) is 1.07. The summed E-state index contributed by atoms with van der Waals surface area (Å²) in [5, 5.41) is 3.06. The Hall–Kier alpha value is -1.34. The van der Waals surface area contributed by atoms with E-state index in [0.29, 0.717) is 26.5 Å².